The summed E-state index contributed by atoms with van der Waals surface area (Å²) in [7, 11) is 0. The monoisotopic (exact) mass is 422 g/mol. The number of fused-ring (bicyclic) bond motifs is 1. The molecule has 31 heavy (non-hydrogen) atoms. The number of H-pyrrole nitrogens is 1. The number of amides is 1. The van der Waals surface area contributed by atoms with E-state index in [1.165, 1.54) is 61.4 Å². The minimum absolute atomic E-state index is 0.122. The Bertz CT molecular complexity index is 1150. The number of carbonyl (C=O) groups excluding carboxylic acids is 1. The zero-order valence-electron chi connectivity index (χ0n) is 17.7. The number of rotatable bonds is 4. The van der Waals surface area contributed by atoms with E-state index >= 15 is 0 Å². The van der Waals surface area contributed by atoms with Gasteiger partial charge in [-0.2, -0.15) is 0 Å². The number of alkyl halides is 1. The molecular weight excluding hydrogens is 395 g/mol. The van der Waals surface area contributed by atoms with Gasteiger partial charge in [0.2, 0.25) is 0 Å². The van der Waals surface area contributed by atoms with Gasteiger partial charge in [0.25, 0.3) is 11.5 Å². The van der Waals surface area contributed by atoms with E-state index in [0.717, 1.165) is 5.56 Å². The maximum absolute atomic E-state index is 13.4. The molecule has 2 fully saturated rings. The molecule has 2 aromatic heterocycles. The lowest BCUT2D eigenvalue weighted by Gasteiger charge is -2.39. The van der Waals surface area contributed by atoms with Gasteiger partial charge >= 0.3 is 0 Å². The zero-order chi connectivity index (χ0) is 21.5. The predicted molar refractivity (Wildman–Crippen MR) is 117 cm³/mol. The summed E-state index contributed by atoms with van der Waals surface area (Å²) in [4.78, 5) is 31.7. The van der Waals surface area contributed by atoms with Gasteiger partial charge in [-0.3, -0.25) is 14.7 Å². The molecule has 1 aromatic carbocycles. The molecule has 1 N–H and O–H groups in total. The number of likely N-dealkylation sites (tertiary alicyclic amines) is 1. The predicted octanol–water partition coefficient (Wildman–Crippen LogP) is 4.17. The lowest BCUT2D eigenvalue weighted by Crippen LogP contribution is -2.52. The highest BCUT2D eigenvalue weighted by Crippen LogP contribution is 2.33. The van der Waals surface area contributed by atoms with Crippen LogP contribution in [0.25, 0.3) is 16.9 Å². The molecule has 1 amide bonds. The van der Waals surface area contributed by atoms with Crippen LogP contribution < -0.4 is 5.56 Å². The molecule has 3 aromatic rings. The maximum Gasteiger partial charge on any atom is 0.273 e. The second kappa shape index (κ2) is 7.94. The smallest absolute Gasteiger partial charge is 0.273 e. The molecule has 1 aliphatic heterocycles. The Hall–Kier alpha value is -2.96. The van der Waals surface area contributed by atoms with Gasteiger partial charge in [-0.1, -0.05) is 43.5 Å². The van der Waals surface area contributed by atoms with Crippen molar-refractivity contribution in [2.45, 2.75) is 51.1 Å². The van der Waals surface area contributed by atoms with Crippen molar-refractivity contribution in [2.75, 3.05) is 13.1 Å². The molecule has 0 bridgehead atoms. The summed E-state index contributed by atoms with van der Waals surface area (Å²) in [6.07, 6.45) is 6.94. The molecule has 1 saturated heterocycles. The van der Waals surface area contributed by atoms with Crippen molar-refractivity contribution in [1.29, 1.82) is 0 Å². The Kier molecular flexibility index (Phi) is 5.12. The van der Waals surface area contributed by atoms with Crippen molar-refractivity contribution in [3.63, 3.8) is 0 Å². The highest BCUT2D eigenvalue weighted by atomic mass is 19.1. The number of hydrogen-bond donors (Lipinski definition) is 1. The number of hydrogen-bond acceptors (Lipinski definition) is 3. The summed E-state index contributed by atoms with van der Waals surface area (Å²) in [6, 6.07) is 9.78. The number of nitrogens with zero attached hydrogens (tertiary/aromatic N) is 3. The van der Waals surface area contributed by atoms with Crippen LogP contribution in [0.5, 0.6) is 0 Å². The van der Waals surface area contributed by atoms with E-state index in [4.69, 9.17) is 0 Å². The normalized spacial score (nSPS) is 18.8. The van der Waals surface area contributed by atoms with Gasteiger partial charge < -0.3 is 4.90 Å². The summed E-state index contributed by atoms with van der Waals surface area (Å²) >= 11 is 0. The van der Waals surface area contributed by atoms with Crippen LogP contribution in [-0.2, 0) is 0 Å². The molecular formula is C24H27FN4O2. The summed E-state index contributed by atoms with van der Waals surface area (Å²) in [6.45, 7) is 2.30. The van der Waals surface area contributed by atoms with Crippen LogP contribution in [0.3, 0.4) is 0 Å². The fourth-order valence-electron chi connectivity index (χ4n) is 4.79. The Labute approximate surface area is 180 Å². The molecule has 0 spiro atoms. The Morgan fingerprint density at radius 2 is 1.87 bits per heavy atom. The van der Waals surface area contributed by atoms with E-state index in [0.29, 0.717) is 35.9 Å². The van der Waals surface area contributed by atoms with Gasteiger partial charge in [0, 0.05) is 36.8 Å². The number of nitrogens with one attached hydrogen (secondary N) is 1. The first-order valence-corrected chi connectivity index (χ1v) is 11.2. The van der Waals surface area contributed by atoms with Crippen LogP contribution in [0.4, 0.5) is 4.39 Å². The molecule has 7 heteroatoms. The first kappa shape index (κ1) is 20.0. The van der Waals surface area contributed by atoms with Crippen LogP contribution >= 0.6 is 0 Å². The third kappa shape index (κ3) is 3.66. The quantitative estimate of drug-likeness (QED) is 0.686. The average molecular weight is 423 g/mol. The fourth-order valence-corrected chi connectivity index (χ4v) is 4.79. The fraction of sp³-hybridized carbons (Fsp3) is 0.458. The zero-order valence-corrected chi connectivity index (χ0v) is 17.7. The largest absolute Gasteiger partial charge is 0.338 e. The van der Waals surface area contributed by atoms with E-state index in [1.54, 1.807) is 4.90 Å². The third-order valence-electron chi connectivity index (χ3n) is 6.86. The molecule has 1 aliphatic carbocycles. The van der Waals surface area contributed by atoms with Crippen LogP contribution in [0.1, 0.15) is 60.9 Å². The van der Waals surface area contributed by atoms with E-state index in [9.17, 15) is 14.0 Å². The van der Waals surface area contributed by atoms with Crippen molar-refractivity contribution in [3.8, 4) is 11.3 Å². The highest BCUT2D eigenvalue weighted by molar-refractivity contribution is 6.00. The van der Waals surface area contributed by atoms with Gasteiger partial charge in [0.1, 0.15) is 11.7 Å². The number of halogens is 1. The van der Waals surface area contributed by atoms with Crippen LogP contribution in [0, 0.1) is 5.92 Å². The Balaban J connectivity index is 1.43. The third-order valence-corrected chi connectivity index (χ3v) is 6.86. The minimum Gasteiger partial charge on any atom is -0.338 e. The molecule has 6 nitrogen and oxygen atoms in total. The van der Waals surface area contributed by atoms with Gasteiger partial charge in [0.05, 0.1) is 5.69 Å². The number of carbonyl (C=O) groups is 1. The van der Waals surface area contributed by atoms with Crippen molar-refractivity contribution in [3.05, 3.63) is 58.0 Å². The molecule has 0 radical (unpaired) electrons. The maximum atomic E-state index is 13.4. The van der Waals surface area contributed by atoms with E-state index in [2.05, 4.69) is 22.2 Å². The Morgan fingerprint density at radius 1 is 1.16 bits per heavy atom. The van der Waals surface area contributed by atoms with Crippen molar-refractivity contribution in [1.82, 2.24) is 19.5 Å². The lowest BCUT2D eigenvalue weighted by molar-refractivity contribution is 0.0325. The Morgan fingerprint density at radius 3 is 2.55 bits per heavy atom. The first-order chi connectivity index (χ1) is 15.0. The number of benzene rings is 1. The van der Waals surface area contributed by atoms with E-state index in [1.807, 2.05) is 12.1 Å². The van der Waals surface area contributed by atoms with Crippen molar-refractivity contribution in [2.24, 2.45) is 5.92 Å². The molecule has 162 valence electrons. The van der Waals surface area contributed by atoms with Gasteiger partial charge in [-0.25, -0.2) is 13.9 Å². The SMILES string of the molecule is CC(F)C1CN(C(=O)c2c[nH]n3c(=O)cc(-c4ccc(C5CCCCC5)cc4)nc23)C1. The summed E-state index contributed by atoms with van der Waals surface area (Å²) < 4.78 is 14.7. The second-order valence-corrected chi connectivity index (χ2v) is 8.93. The van der Waals surface area contributed by atoms with E-state index in [-0.39, 0.29) is 17.4 Å². The van der Waals surface area contributed by atoms with Gasteiger partial charge in [-0.05, 0) is 31.2 Å². The van der Waals surface area contributed by atoms with Gasteiger partial charge in [-0.15, -0.1) is 0 Å². The summed E-state index contributed by atoms with van der Waals surface area (Å²) in [5, 5.41) is 2.83. The topological polar surface area (TPSA) is 70.5 Å². The summed E-state index contributed by atoms with van der Waals surface area (Å²) in [5.74, 6) is 0.264. The summed E-state index contributed by atoms with van der Waals surface area (Å²) in [5.41, 5.74) is 3.12. The molecule has 1 saturated carbocycles. The highest BCUT2D eigenvalue weighted by Gasteiger charge is 2.36. The van der Waals surface area contributed by atoms with E-state index < -0.39 is 6.17 Å². The lowest BCUT2D eigenvalue weighted by atomic mass is 9.84. The first-order valence-electron chi connectivity index (χ1n) is 11.2. The van der Waals surface area contributed by atoms with Crippen molar-refractivity contribution < 1.29 is 9.18 Å². The van der Waals surface area contributed by atoms with Crippen LogP contribution in [0.2, 0.25) is 0 Å². The molecule has 1 atom stereocenters. The molecule has 5 rings (SSSR count). The second-order valence-electron chi connectivity index (χ2n) is 8.93. The molecule has 3 heterocycles. The molecule has 2 aliphatic rings. The standard InChI is InChI=1S/C24H27FN4O2/c1-15(25)19-13-28(14-19)24(31)20-12-26-29-22(30)11-21(27-23(20)29)18-9-7-17(8-10-18)16-5-3-2-4-6-16/h7-12,15-16,19,26H,2-6,13-14H2,1H3. The number of aromatic amines is 1. The van der Waals surface area contributed by atoms with Gasteiger partial charge in [0.15, 0.2) is 5.65 Å². The number of aromatic nitrogens is 3. The average Bonchev–Trinajstić information content (AvgIpc) is 3.18. The van der Waals surface area contributed by atoms with Crippen molar-refractivity contribution >= 4 is 11.6 Å². The minimum atomic E-state index is -0.934. The van der Waals surface area contributed by atoms with Crippen LogP contribution in [-0.4, -0.2) is 44.7 Å². The molecule has 1 unspecified atom stereocenters. The van der Waals surface area contributed by atoms with Crippen LogP contribution in [0.15, 0.2) is 41.3 Å².